The molecular formula is C38H47N5O7S. The second kappa shape index (κ2) is 15.1. The van der Waals surface area contributed by atoms with Crippen LogP contribution in [0.5, 0.6) is 5.75 Å². The molecule has 1 saturated heterocycles. The highest BCUT2D eigenvalue weighted by atomic mass is 32.3. The molecule has 0 aliphatic carbocycles. The van der Waals surface area contributed by atoms with Crippen molar-refractivity contribution >= 4 is 22.7 Å². The summed E-state index contributed by atoms with van der Waals surface area (Å²) in [5.41, 5.74) is 2.37. The molecule has 0 bridgehead atoms. The number of nitrogens with zero attached hydrogens (tertiary/aromatic N) is 5. The fourth-order valence-corrected chi connectivity index (χ4v) is 8.43. The molecule has 3 N–H and O–H groups in total. The highest BCUT2D eigenvalue weighted by Crippen LogP contribution is 2.57. The summed E-state index contributed by atoms with van der Waals surface area (Å²) in [7, 11) is -3.37. The third-order valence-electron chi connectivity index (χ3n) is 9.87. The van der Waals surface area contributed by atoms with E-state index >= 15 is 0 Å². The summed E-state index contributed by atoms with van der Waals surface area (Å²) in [6.45, 7) is 9.66. The fourth-order valence-electron chi connectivity index (χ4n) is 6.77. The first-order valence-electron chi connectivity index (χ1n) is 17.3. The molecule has 2 aliphatic heterocycles. The van der Waals surface area contributed by atoms with Crippen molar-refractivity contribution < 1.29 is 33.3 Å². The van der Waals surface area contributed by atoms with Gasteiger partial charge in [0.1, 0.15) is 22.4 Å². The molecule has 0 saturated carbocycles. The molecule has 1 fully saturated rings. The topological polar surface area (TPSA) is 150 Å². The van der Waals surface area contributed by atoms with Crippen molar-refractivity contribution in [1.82, 2.24) is 24.2 Å². The van der Waals surface area contributed by atoms with E-state index in [0.29, 0.717) is 53.0 Å². The van der Waals surface area contributed by atoms with E-state index in [1.165, 1.54) is 0 Å². The summed E-state index contributed by atoms with van der Waals surface area (Å²) in [5.74, 6) is -0.163. The molecule has 2 aliphatic rings. The van der Waals surface area contributed by atoms with Crippen LogP contribution >= 0.6 is 10.8 Å². The minimum Gasteiger partial charge on any atom is -0.487 e. The van der Waals surface area contributed by atoms with Gasteiger partial charge in [-0.05, 0) is 87.4 Å². The average Bonchev–Trinajstić information content (AvgIpc) is 3.53. The third-order valence-corrected chi connectivity index (χ3v) is 11.8. The zero-order valence-electron chi connectivity index (χ0n) is 29.5. The number of carbonyl (C=O) groups is 2. The number of carbonyl (C=O) groups excluding carboxylic acids is 1. The quantitative estimate of drug-likeness (QED) is 0.151. The monoisotopic (exact) mass is 717 g/mol. The SMILES string of the molecule is Cc1ccc(C(OCc2cn(CC3CCN(C(=O)c4ccccc4)CC3)nn2)C(C)(C)C(=O)O)cc1CN1CC(C)Oc2ccccc2S1(O)O. The van der Waals surface area contributed by atoms with Crippen LogP contribution < -0.4 is 4.74 Å². The number of carboxylic acids is 1. The molecule has 4 aromatic rings. The maximum atomic E-state index is 12.8. The molecule has 51 heavy (non-hydrogen) atoms. The normalized spacial score (nSPS) is 19.4. The van der Waals surface area contributed by atoms with Gasteiger partial charge in [0.2, 0.25) is 0 Å². The van der Waals surface area contributed by atoms with Gasteiger partial charge < -0.3 is 19.5 Å². The number of carboxylic acid groups (broad SMARTS) is 1. The Kier molecular flexibility index (Phi) is 10.8. The standard InChI is InChI=1S/C38H47N5O7S/c1-26-14-15-30(20-31(26)23-43-21-27(2)50-33-12-8-9-13-34(33)51(43,47)48)35(38(3,4)37(45)46)49-25-32-24-42(40-39-32)22-28-16-18-41(19-17-28)36(44)29-10-6-5-7-11-29/h5-15,20,24,27-28,35,47-48H,16-19,21-23,25H2,1-4H3,(H,45,46). The van der Waals surface area contributed by atoms with Crippen molar-refractivity contribution in [2.75, 3.05) is 19.6 Å². The summed E-state index contributed by atoms with van der Waals surface area (Å²) in [5, 5.41) is 18.9. The van der Waals surface area contributed by atoms with Gasteiger partial charge in [-0.1, -0.05) is 53.7 Å². The number of aryl methyl sites for hydroxylation is 1. The first-order chi connectivity index (χ1) is 24.3. The van der Waals surface area contributed by atoms with Gasteiger partial charge in [0.15, 0.2) is 0 Å². The van der Waals surface area contributed by atoms with Crippen LogP contribution in [0.15, 0.2) is 83.9 Å². The predicted molar refractivity (Wildman–Crippen MR) is 193 cm³/mol. The summed E-state index contributed by atoms with van der Waals surface area (Å²) in [6, 6.07) is 22.0. The molecule has 272 valence electrons. The van der Waals surface area contributed by atoms with E-state index < -0.39 is 28.3 Å². The summed E-state index contributed by atoms with van der Waals surface area (Å²) < 4.78 is 38.7. The average molecular weight is 718 g/mol. The number of hydrogen-bond donors (Lipinski definition) is 3. The van der Waals surface area contributed by atoms with Gasteiger partial charge in [-0.2, -0.15) is 4.31 Å². The molecule has 0 spiro atoms. The van der Waals surface area contributed by atoms with Crippen LogP contribution in [-0.4, -0.2) is 76.0 Å². The number of amides is 1. The van der Waals surface area contributed by atoms with Crippen LogP contribution in [0, 0.1) is 18.3 Å². The number of rotatable bonds is 11. The Bertz CT molecular complexity index is 1840. The Morgan fingerprint density at radius 1 is 1.04 bits per heavy atom. The van der Waals surface area contributed by atoms with Crippen LogP contribution in [0.2, 0.25) is 0 Å². The lowest BCUT2D eigenvalue weighted by Crippen LogP contribution is -2.39. The Morgan fingerprint density at radius 2 is 1.75 bits per heavy atom. The van der Waals surface area contributed by atoms with E-state index in [1.807, 2.05) is 73.5 Å². The molecule has 3 heterocycles. The van der Waals surface area contributed by atoms with Gasteiger partial charge in [0.05, 0.1) is 30.9 Å². The molecule has 12 nitrogen and oxygen atoms in total. The molecule has 2 atom stereocenters. The maximum absolute atomic E-state index is 12.8. The smallest absolute Gasteiger partial charge is 0.312 e. The zero-order valence-corrected chi connectivity index (χ0v) is 30.3. The summed E-state index contributed by atoms with van der Waals surface area (Å²) >= 11 is 0. The van der Waals surface area contributed by atoms with Crippen LogP contribution in [0.25, 0.3) is 0 Å². The Balaban J connectivity index is 1.13. The number of para-hydroxylation sites is 1. The number of likely N-dealkylation sites (tertiary alicyclic amines) is 1. The maximum Gasteiger partial charge on any atom is 0.312 e. The Labute approximate surface area is 300 Å². The Morgan fingerprint density at radius 3 is 2.47 bits per heavy atom. The number of aliphatic carboxylic acids is 1. The predicted octanol–water partition coefficient (Wildman–Crippen LogP) is 6.82. The third kappa shape index (κ3) is 8.13. The molecule has 6 rings (SSSR count). The summed E-state index contributed by atoms with van der Waals surface area (Å²) in [4.78, 5) is 27.6. The first-order valence-corrected chi connectivity index (χ1v) is 18.8. The van der Waals surface area contributed by atoms with Gasteiger partial charge in [0, 0.05) is 31.7 Å². The van der Waals surface area contributed by atoms with Gasteiger partial charge in [-0.15, -0.1) is 15.9 Å². The van der Waals surface area contributed by atoms with Crippen molar-refractivity contribution in [3.63, 3.8) is 0 Å². The van der Waals surface area contributed by atoms with E-state index in [2.05, 4.69) is 10.3 Å². The van der Waals surface area contributed by atoms with Gasteiger partial charge in [-0.25, -0.2) is 0 Å². The minimum absolute atomic E-state index is 0.0485. The van der Waals surface area contributed by atoms with Crippen molar-refractivity contribution in [2.24, 2.45) is 11.3 Å². The second-order valence-electron chi connectivity index (χ2n) is 14.2. The lowest BCUT2D eigenvalue weighted by atomic mass is 9.81. The zero-order chi connectivity index (χ0) is 36.3. The largest absolute Gasteiger partial charge is 0.487 e. The van der Waals surface area contributed by atoms with Crippen LogP contribution in [-0.2, 0) is 29.2 Å². The number of ether oxygens (including phenoxy) is 2. The number of benzene rings is 3. The van der Waals surface area contributed by atoms with Crippen LogP contribution in [0.3, 0.4) is 0 Å². The number of piperidine rings is 1. The minimum atomic E-state index is -3.37. The van der Waals surface area contributed by atoms with E-state index in [-0.39, 0.29) is 31.7 Å². The second-order valence-corrected chi connectivity index (χ2v) is 16.1. The van der Waals surface area contributed by atoms with E-state index in [1.54, 1.807) is 47.1 Å². The van der Waals surface area contributed by atoms with E-state index in [9.17, 15) is 23.8 Å². The highest BCUT2D eigenvalue weighted by Gasteiger charge is 2.40. The van der Waals surface area contributed by atoms with Crippen LogP contribution in [0.1, 0.15) is 72.5 Å². The molecule has 3 aromatic carbocycles. The molecule has 0 radical (unpaired) electrons. The van der Waals surface area contributed by atoms with Crippen molar-refractivity contribution in [1.29, 1.82) is 0 Å². The Hall–Kier alpha value is -4.27. The number of aromatic nitrogens is 3. The summed E-state index contributed by atoms with van der Waals surface area (Å²) in [6.07, 6.45) is 2.41. The molecular weight excluding hydrogens is 671 g/mol. The molecule has 1 aromatic heterocycles. The van der Waals surface area contributed by atoms with E-state index in [4.69, 9.17) is 9.47 Å². The first kappa shape index (κ1) is 36.5. The lowest BCUT2D eigenvalue weighted by Gasteiger charge is -2.42. The highest BCUT2D eigenvalue weighted by molar-refractivity contribution is 8.22. The van der Waals surface area contributed by atoms with E-state index in [0.717, 1.165) is 24.0 Å². The van der Waals surface area contributed by atoms with Crippen LogP contribution in [0.4, 0.5) is 0 Å². The van der Waals surface area contributed by atoms with Gasteiger partial charge in [-0.3, -0.25) is 23.4 Å². The van der Waals surface area contributed by atoms with Crippen molar-refractivity contribution in [3.05, 3.63) is 107 Å². The molecule has 1 amide bonds. The van der Waals surface area contributed by atoms with Gasteiger partial charge in [0.25, 0.3) is 5.91 Å². The molecule has 13 heteroatoms. The van der Waals surface area contributed by atoms with Gasteiger partial charge >= 0.3 is 5.97 Å². The fraction of sp³-hybridized carbons (Fsp3) is 0.421. The number of hydrogen-bond acceptors (Lipinski definition) is 9. The van der Waals surface area contributed by atoms with Crippen molar-refractivity contribution in [2.45, 2.75) is 77.3 Å². The van der Waals surface area contributed by atoms with Crippen molar-refractivity contribution in [3.8, 4) is 5.75 Å². The number of fused-ring (bicyclic) bond motifs is 1. The lowest BCUT2D eigenvalue weighted by molar-refractivity contribution is -0.158. The molecule has 2 unspecified atom stereocenters.